The summed E-state index contributed by atoms with van der Waals surface area (Å²) >= 11 is 0. The summed E-state index contributed by atoms with van der Waals surface area (Å²) in [6.45, 7) is 3.40. The zero-order chi connectivity index (χ0) is 37.6. The van der Waals surface area contributed by atoms with Gasteiger partial charge in [0.05, 0.1) is 29.8 Å². The Bertz CT molecular complexity index is 2240. The molecule has 2 aliphatic rings. The second kappa shape index (κ2) is 16.9. The van der Waals surface area contributed by atoms with Crippen LogP contribution in [0.15, 0.2) is 132 Å². The second-order valence-electron chi connectivity index (χ2n) is 14.5. The van der Waals surface area contributed by atoms with Crippen molar-refractivity contribution in [3.63, 3.8) is 0 Å². The summed E-state index contributed by atoms with van der Waals surface area (Å²) in [4.78, 5) is 30.8. The highest BCUT2D eigenvalue weighted by Gasteiger charge is 2.34. The molecule has 0 unspecified atom stereocenters. The molecule has 2 amide bonds. The molecule has 10 nitrogen and oxygen atoms in total. The molecule has 6 aromatic rings. The van der Waals surface area contributed by atoms with Gasteiger partial charge in [-0.05, 0) is 64.4 Å². The number of carbonyl (C=O) groups excluding carboxylic acids is 1. The predicted molar refractivity (Wildman–Crippen MR) is 213 cm³/mol. The van der Waals surface area contributed by atoms with Crippen molar-refractivity contribution in [1.29, 1.82) is 0 Å². The number of piperidine rings is 1. The lowest BCUT2D eigenvalue weighted by Crippen LogP contribution is -2.43. The third kappa shape index (κ3) is 8.74. The van der Waals surface area contributed by atoms with Crippen LogP contribution in [0.1, 0.15) is 65.5 Å². The Morgan fingerprint density at radius 3 is 2.18 bits per heavy atom. The number of amides is 2. The molecule has 2 aliphatic heterocycles. The number of benzene rings is 5. The number of aromatic amines is 1. The molecule has 2 saturated heterocycles. The molecule has 0 radical (unpaired) electrons. The van der Waals surface area contributed by atoms with Gasteiger partial charge < -0.3 is 35.1 Å². The van der Waals surface area contributed by atoms with Crippen LogP contribution in [0.25, 0.3) is 22.2 Å². The van der Waals surface area contributed by atoms with Crippen molar-refractivity contribution >= 4 is 17.1 Å². The molecule has 0 bridgehead atoms. The average molecular weight is 738 g/mol. The molecule has 10 heteroatoms. The Morgan fingerprint density at radius 2 is 1.42 bits per heavy atom. The van der Waals surface area contributed by atoms with Crippen LogP contribution < -0.4 is 16.3 Å². The Morgan fingerprint density at radius 1 is 0.727 bits per heavy atom. The summed E-state index contributed by atoms with van der Waals surface area (Å²) in [5.41, 5.74) is 8.83. The molecular formula is C45H47N5O5. The van der Waals surface area contributed by atoms with Crippen molar-refractivity contribution in [2.24, 2.45) is 0 Å². The van der Waals surface area contributed by atoms with E-state index in [-0.39, 0.29) is 36.6 Å². The smallest absolute Gasteiger partial charge is 0.326 e. The topological polar surface area (TPSA) is 121 Å². The largest absolute Gasteiger partial charge is 0.392 e. The first kappa shape index (κ1) is 36.5. The number of urea groups is 1. The Hall–Kier alpha value is -5.52. The number of imidazole rings is 1. The zero-order valence-corrected chi connectivity index (χ0v) is 30.8. The Kier molecular flexibility index (Phi) is 11.2. The number of aromatic nitrogens is 2. The minimum Gasteiger partial charge on any atom is -0.392 e. The van der Waals surface area contributed by atoms with Crippen LogP contribution in [0.5, 0.6) is 0 Å². The van der Waals surface area contributed by atoms with Crippen molar-refractivity contribution in [3.05, 3.63) is 166 Å². The number of aliphatic hydroxyl groups is 1. The molecular weight excluding hydrogens is 691 g/mol. The van der Waals surface area contributed by atoms with E-state index >= 15 is 0 Å². The first-order valence-corrected chi connectivity index (χ1v) is 19.2. The van der Waals surface area contributed by atoms with E-state index in [1.54, 1.807) is 0 Å². The van der Waals surface area contributed by atoms with Gasteiger partial charge in [0.2, 0.25) is 0 Å². The van der Waals surface area contributed by atoms with E-state index < -0.39 is 6.29 Å². The number of H-pyrrole nitrogens is 1. The lowest BCUT2D eigenvalue weighted by Gasteiger charge is -2.40. The maximum atomic E-state index is 12.9. The van der Waals surface area contributed by atoms with Crippen LogP contribution >= 0.6 is 0 Å². The third-order valence-corrected chi connectivity index (χ3v) is 10.8. The van der Waals surface area contributed by atoms with E-state index in [1.807, 2.05) is 95.6 Å². The third-order valence-electron chi connectivity index (χ3n) is 10.8. The summed E-state index contributed by atoms with van der Waals surface area (Å²) in [5, 5.41) is 15.5. The van der Waals surface area contributed by atoms with Crippen LogP contribution in [-0.4, -0.2) is 51.3 Å². The van der Waals surface area contributed by atoms with Gasteiger partial charge in [-0.25, -0.2) is 9.59 Å². The van der Waals surface area contributed by atoms with Crippen LogP contribution in [-0.2, 0) is 29.2 Å². The first-order valence-electron chi connectivity index (χ1n) is 19.2. The molecule has 0 aliphatic carbocycles. The van der Waals surface area contributed by atoms with Crippen LogP contribution in [0.3, 0.4) is 0 Å². The molecule has 1 aromatic heterocycles. The normalized spacial score (nSPS) is 19.3. The summed E-state index contributed by atoms with van der Waals surface area (Å²) in [5.74, 6) is 0. The molecule has 8 rings (SSSR count). The zero-order valence-electron chi connectivity index (χ0n) is 30.8. The van der Waals surface area contributed by atoms with Crippen molar-refractivity contribution in [2.75, 3.05) is 19.6 Å². The fourth-order valence-corrected chi connectivity index (χ4v) is 7.83. The van der Waals surface area contributed by atoms with E-state index in [4.69, 9.17) is 9.47 Å². The standard InChI is InChI=1S/C45H47N5O5/c51-30-32-13-15-35(16-14-32)42-26-39(29-49-23-21-38(22-24-49)50-41-12-5-4-11-40(41)48-45(50)53)54-43(55-42)36-19-17-34(18-20-36)37-10-6-9-33(25-37)28-47-44(52)46-27-31-7-2-1-3-8-31/h1-20,25,38-39,42-43,51H,21-24,26-30H2,(H,48,53)(H2,46,47,52)/t39-,42+,43+/m1/s1. The van der Waals surface area contributed by atoms with E-state index in [0.717, 1.165) is 82.5 Å². The molecule has 2 fully saturated rings. The molecule has 55 heavy (non-hydrogen) atoms. The van der Waals surface area contributed by atoms with Gasteiger partial charge in [0.15, 0.2) is 6.29 Å². The number of hydrogen-bond acceptors (Lipinski definition) is 6. The fourth-order valence-electron chi connectivity index (χ4n) is 7.83. The van der Waals surface area contributed by atoms with Crippen LogP contribution in [0, 0.1) is 0 Å². The minimum absolute atomic E-state index is 0.00333. The summed E-state index contributed by atoms with van der Waals surface area (Å²) in [6.07, 6.45) is 1.69. The van der Waals surface area contributed by atoms with Gasteiger partial charge in [0.25, 0.3) is 0 Å². The quantitative estimate of drug-likeness (QED) is 0.110. The first-order chi connectivity index (χ1) is 27.0. The Balaban J connectivity index is 0.922. The van der Waals surface area contributed by atoms with E-state index in [1.165, 1.54) is 0 Å². The van der Waals surface area contributed by atoms with Gasteiger partial charge in [-0.2, -0.15) is 0 Å². The molecule has 0 saturated carbocycles. The van der Waals surface area contributed by atoms with Gasteiger partial charge in [-0.15, -0.1) is 0 Å². The highest BCUT2D eigenvalue weighted by molar-refractivity contribution is 5.75. The number of likely N-dealkylation sites (tertiary alicyclic amines) is 1. The molecule has 282 valence electrons. The van der Waals surface area contributed by atoms with Gasteiger partial charge in [-0.1, -0.05) is 109 Å². The van der Waals surface area contributed by atoms with Gasteiger partial charge >= 0.3 is 11.7 Å². The maximum Gasteiger partial charge on any atom is 0.326 e. The average Bonchev–Trinajstić information content (AvgIpc) is 3.58. The highest BCUT2D eigenvalue weighted by atomic mass is 16.7. The van der Waals surface area contributed by atoms with Gasteiger partial charge in [-0.3, -0.25) is 4.57 Å². The van der Waals surface area contributed by atoms with Crippen molar-refractivity contribution in [1.82, 2.24) is 25.1 Å². The SMILES string of the molecule is O=C(NCc1ccccc1)NCc1cccc(-c2ccc([C@H]3O[C@@H](CN4CCC(n5c(=O)[nH]c6ccccc65)CC4)C[C@@H](c4ccc(CO)cc4)O3)cc2)c1. The van der Waals surface area contributed by atoms with E-state index in [9.17, 15) is 14.7 Å². The number of aliphatic hydroxyl groups excluding tert-OH is 1. The number of rotatable bonds is 11. The van der Waals surface area contributed by atoms with Gasteiger partial charge in [0.1, 0.15) is 0 Å². The van der Waals surface area contributed by atoms with E-state index in [2.05, 4.69) is 56.9 Å². The number of ether oxygens (including phenoxy) is 2. The maximum absolute atomic E-state index is 12.9. The van der Waals surface area contributed by atoms with Gasteiger partial charge in [0, 0.05) is 50.7 Å². The highest BCUT2D eigenvalue weighted by Crippen LogP contribution is 2.39. The molecule has 5 aromatic carbocycles. The second-order valence-corrected chi connectivity index (χ2v) is 14.5. The number of carbonyl (C=O) groups is 1. The number of fused-ring (bicyclic) bond motifs is 1. The van der Waals surface area contributed by atoms with Crippen LogP contribution in [0.2, 0.25) is 0 Å². The van der Waals surface area contributed by atoms with Crippen molar-refractivity contribution < 1.29 is 19.4 Å². The minimum atomic E-state index is -0.553. The lowest BCUT2D eigenvalue weighted by atomic mass is 9.98. The summed E-state index contributed by atoms with van der Waals surface area (Å²) in [6, 6.07) is 42.2. The number of nitrogens with one attached hydrogen (secondary N) is 3. The molecule has 4 N–H and O–H groups in total. The van der Waals surface area contributed by atoms with Crippen molar-refractivity contribution in [2.45, 2.75) is 63.5 Å². The summed E-state index contributed by atoms with van der Waals surface area (Å²) in [7, 11) is 0. The van der Waals surface area contributed by atoms with E-state index in [0.29, 0.717) is 19.5 Å². The Labute approximate surface area is 320 Å². The predicted octanol–water partition coefficient (Wildman–Crippen LogP) is 7.37. The summed E-state index contributed by atoms with van der Waals surface area (Å²) < 4.78 is 15.3. The monoisotopic (exact) mass is 737 g/mol. The number of para-hydroxylation sites is 2. The number of hydrogen-bond donors (Lipinski definition) is 4. The molecule has 3 heterocycles. The van der Waals surface area contributed by atoms with Crippen LogP contribution in [0.4, 0.5) is 4.79 Å². The molecule has 0 spiro atoms. The lowest BCUT2D eigenvalue weighted by molar-refractivity contribution is -0.253. The van der Waals surface area contributed by atoms with Crippen molar-refractivity contribution in [3.8, 4) is 11.1 Å². The number of nitrogens with zero attached hydrogens (tertiary/aromatic N) is 2. The molecule has 3 atom stereocenters. The fraction of sp³-hybridized carbons (Fsp3) is 0.289.